The summed E-state index contributed by atoms with van der Waals surface area (Å²) >= 11 is 0. The van der Waals surface area contributed by atoms with Crippen LogP contribution in [0, 0.1) is 5.92 Å². The first kappa shape index (κ1) is 20.9. The molecule has 2 aliphatic rings. The van der Waals surface area contributed by atoms with Crippen LogP contribution in [0.3, 0.4) is 0 Å². The van der Waals surface area contributed by atoms with Gasteiger partial charge in [0.1, 0.15) is 5.75 Å². The van der Waals surface area contributed by atoms with Crippen molar-refractivity contribution in [2.75, 3.05) is 36.5 Å². The van der Waals surface area contributed by atoms with E-state index in [1.54, 1.807) is 21.9 Å². The van der Waals surface area contributed by atoms with Gasteiger partial charge in [-0.05, 0) is 55.7 Å². The lowest BCUT2D eigenvalue weighted by molar-refractivity contribution is -0.136. The van der Waals surface area contributed by atoms with Crippen molar-refractivity contribution >= 4 is 29.1 Å². The van der Waals surface area contributed by atoms with Crippen LogP contribution in [0.1, 0.15) is 25.7 Å². The first-order valence-electron chi connectivity index (χ1n) is 10.8. The van der Waals surface area contributed by atoms with E-state index in [9.17, 15) is 14.4 Å². The van der Waals surface area contributed by atoms with E-state index in [4.69, 9.17) is 4.74 Å². The molecule has 0 unspecified atom stereocenters. The van der Waals surface area contributed by atoms with E-state index in [2.05, 4.69) is 5.32 Å². The van der Waals surface area contributed by atoms with Crippen molar-refractivity contribution < 1.29 is 19.1 Å². The topological polar surface area (TPSA) is 79.0 Å². The molecular weight excluding hydrogens is 394 g/mol. The van der Waals surface area contributed by atoms with E-state index >= 15 is 0 Å². The van der Waals surface area contributed by atoms with Crippen molar-refractivity contribution in [3.8, 4) is 5.75 Å². The molecule has 2 aromatic rings. The van der Waals surface area contributed by atoms with Crippen molar-refractivity contribution in [3.05, 3.63) is 54.6 Å². The summed E-state index contributed by atoms with van der Waals surface area (Å²) in [6.45, 7) is 1.80. The second-order valence-corrected chi connectivity index (χ2v) is 7.94. The predicted molar refractivity (Wildman–Crippen MR) is 118 cm³/mol. The lowest BCUT2D eigenvalue weighted by Crippen LogP contribution is -2.43. The molecule has 1 N–H and O–H groups in total. The maximum Gasteiger partial charge on any atom is 0.260 e. The molecule has 2 aliphatic heterocycles. The number of nitrogens with zero attached hydrogens (tertiary/aromatic N) is 2. The molecule has 0 saturated carbocycles. The first-order valence-corrected chi connectivity index (χ1v) is 10.8. The first-order chi connectivity index (χ1) is 15.1. The molecule has 3 amide bonds. The third kappa shape index (κ3) is 5.23. The van der Waals surface area contributed by atoms with E-state index in [1.807, 2.05) is 42.5 Å². The Balaban J connectivity index is 1.21. The van der Waals surface area contributed by atoms with Gasteiger partial charge in [0.25, 0.3) is 5.91 Å². The number of carbonyl (C=O) groups is 3. The van der Waals surface area contributed by atoms with Crippen LogP contribution in [-0.2, 0) is 14.4 Å². The average molecular weight is 421 g/mol. The highest BCUT2D eigenvalue weighted by Crippen LogP contribution is 2.24. The van der Waals surface area contributed by atoms with Gasteiger partial charge in [0.15, 0.2) is 6.61 Å². The number of nitrogens with one attached hydrogen (secondary N) is 1. The van der Waals surface area contributed by atoms with E-state index < -0.39 is 0 Å². The van der Waals surface area contributed by atoms with Gasteiger partial charge in [-0.2, -0.15) is 0 Å². The summed E-state index contributed by atoms with van der Waals surface area (Å²) in [5, 5.41) is 2.94. The van der Waals surface area contributed by atoms with Gasteiger partial charge in [0.2, 0.25) is 11.8 Å². The maximum atomic E-state index is 12.5. The van der Waals surface area contributed by atoms with Gasteiger partial charge in [0.05, 0.1) is 0 Å². The molecular formula is C24H27N3O4. The quantitative estimate of drug-likeness (QED) is 0.778. The molecule has 0 aliphatic carbocycles. The van der Waals surface area contributed by atoms with Crippen LogP contribution in [0.5, 0.6) is 5.75 Å². The fourth-order valence-corrected chi connectivity index (χ4v) is 4.04. The molecule has 0 aromatic heterocycles. The summed E-state index contributed by atoms with van der Waals surface area (Å²) in [6, 6.07) is 16.7. The van der Waals surface area contributed by atoms with Crippen molar-refractivity contribution in [1.29, 1.82) is 0 Å². The zero-order valence-corrected chi connectivity index (χ0v) is 17.5. The summed E-state index contributed by atoms with van der Waals surface area (Å²) in [7, 11) is 0. The van der Waals surface area contributed by atoms with Crippen molar-refractivity contribution in [3.63, 3.8) is 0 Å². The van der Waals surface area contributed by atoms with Gasteiger partial charge in [-0.25, -0.2) is 0 Å². The summed E-state index contributed by atoms with van der Waals surface area (Å²) in [6.07, 6.45) is 2.76. The number of rotatable bonds is 6. The summed E-state index contributed by atoms with van der Waals surface area (Å²) in [5.41, 5.74) is 1.65. The summed E-state index contributed by atoms with van der Waals surface area (Å²) < 4.78 is 5.64. The smallest absolute Gasteiger partial charge is 0.260 e. The Morgan fingerprint density at radius 2 is 1.68 bits per heavy atom. The molecule has 2 aromatic carbocycles. The monoisotopic (exact) mass is 421 g/mol. The zero-order chi connectivity index (χ0) is 21.6. The lowest BCUT2D eigenvalue weighted by atomic mass is 9.95. The van der Waals surface area contributed by atoms with E-state index in [0.717, 1.165) is 24.3 Å². The van der Waals surface area contributed by atoms with E-state index in [0.29, 0.717) is 38.1 Å². The van der Waals surface area contributed by atoms with Gasteiger partial charge in [0, 0.05) is 43.3 Å². The largest absolute Gasteiger partial charge is 0.484 e. The van der Waals surface area contributed by atoms with Crippen LogP contribution < -0.4 is 15.0 Å². The molecule has 7 heteroatoms. The molecule has 0 radical (unpaired) electrons. The van der Waals surface area contributed by atoms with Crippen LogP contribution >= 0.6 is 0 Å². The number of hydrogen-bond acceptors (Lipinski definition) is 4. The van der Waals surface area contributed by atoms with Gasteiger partial charge in [-0.15, -0.1) is 0 Å². The minimum Gasteiger partial charge on any atom is -0.484 e. The van der Waals surface area contributed by atoms with Gasteiger partial charge < -0.3 is 19.9 Å². The highest BCUT2D eigenvalue weighted by atomic mass is 16.5. The van der Waals surface area contributed by atoms with Gasteiger partial charge in [-0.1, -0.05) is 18.2 Å². The fourth-order valence-electron chi connectivity index (χ4n) is 4.04. The Hall–Kier alpha value is -3.35. The van der Waals surface area contributed by atoms with Crippen molar-refractivity contribution in [2.45, 2.75) is 25.7 Å². The normalized spacial score (nSPS) is 17.0. The number of piperidine rings is 1. The molecule has 0 spiro atoms. The molecule has 0 bridgehead atoms. The Morgan fingerprint density at radius 3 is 2.32 bits per heavy atom. The van der Waals surface area contributed by atoms with E-state index in [-0.39, 0.29) is 30.2 Å². The van der Waals surface area contributed by atoms with Crippen LogP contribution in [0.2, 0.25) is 0 Å². The molecule has 0 atom stereocenters. The number of benzene rings is 2. The number of anilines is 2. The van der Waals surface area contributed by atoms with Crippen LogP contribution in [0.15, 0.2) is 54.6 Å². The predicted octanol–water partition coefficient (Wildman–Crippen LogP) is 3.07. The van der Waals surface area contributed by atoms with Gasteiger partial charge in [-0.3, -0.25) is 14.4 Å². The minimum absolute atomic E-state index is 0.00567. The number of amides is 3. The number of hydrogen-bond donors (Lipinski definition) is 1. The molecule has 2 saturated heterocycles. The third-order valence-corrected chi connectivity index (χ3v) is 5.84. The fraction of sp³-hybridized carbons (Fsp3) is 0.375. The average Bonchev–Trinajstić information content (AvgIpc) is 3.24. The zero-order valence-electron chi connectivity index (χ0n) is 17.5. The van der Waals surface area contributed by atoms with E-state index in [1.165, 1.54) is 0 Å². The third-order valence-electron chi connectivity index (χ3n) is 5.84. The van der Waals surface area contributed by atoms with Crippen molar-refractivity contribution in [1.82, 2.24) is 4.90 Å². The summed E-state index contributed by atoms with van der Waals surface area (Å²) in [4.78, 5) is 40.3. The van der Waals surface area contributed by atoms with Crippen LogP contribution in [-0.4, -0.2) is 48.9 Å². The highest BCUT2D eigenvalue weighted by molar-refractivity contribution is 5.95. The highest BCUT2D eigenvalue weighted by Gasteiger charge is 2.27. The van der Waals surface area contributed by atoms with Crippen molar-refractivity contribution in [2.24, 2.45) is 5.92 Å². The number of para-hydroxylation sites is 1. The number of carbonyl (C=O) groups excluding carboxylic acids is 3. The lowest BCUT2D eigenvalue weighted by Gasteiger charge is -2.31. The molecule has 162 valence electrons. The standard InChI is InChI=1S/C24H27N3O4/c28-22-7-4-14-27(22)20-8-10-21(11-9-20)31-17-23(29)26-15-12-18(13-16-26)24(30)25-19-5-2-1-3-6-19/h1-3,5-6,8-11,18H,4,7,12-17H2,(H,25,30). The van der Waals surface area contributed by atoms with Gasteiger partial charge >= 0.3 is 0 Å². The number of ether oxygens (including phenoxy) is 1. The van der Waals surface area contributed by atoms with Crippen LogP contribution in [0.4, 0.5) is 11.4 Å². The number of likely N-dealkylation sites (tertiary alicyclic amines) is 1. The minimum atomic E-state index is -0.0917. The molecule has 4 rings (SSSR count). The Bertz CT molecular complexity index is 922. The molecule has 2 fully saturated rings. The molecule has 31 heavy (non-hydrogen) atoms. The Kier molecular flexibility index (Phi) is 6.50. The molecule has 2 heterocycles. The van der Waals surface area contributed by atoms with Crippen LogP contribution in [0.25, 0.3) is 0 Å². The Morgan fingerprint density at radius 1 is 0.968 bits per heavy atom. The maximum absolute atomic E-state index is 12.5. The summed E-state index contributed by atoms with van der Waals surface area (Å²) in [5.74, 6) is 0.573. The molecule has 7 nitrogen and oxygen atoms in total. The second-order valence-electron chi connectivity index (χ2n) is 7.94. The SMILES string of the molecule is O=C(Nc1ccccc1)C1CCN(C(=O)COc2ccc(N3CCCC3=O)cc2)CC1. The Labute approximate surface area is 182 Å². The second kappa shape index (κ2) is 9.64.